The summed E-state index contributed by atoms with van der Waals surface area (Å²) >= 11 is 0. The molecule has 1 fully saturated rings. The number of halogens is 1. The van der Waals surface area contributed by atoms with Crippen molar-refractivity contribution in [3.8, 4) is 0 Å². The average molecular weight is 355 g/mol. The zero-order chi connectivity index (χ0) is 18.5. The molecule has 0 aromatic heterocycles. The molecule has 0 spiro atoms. The van der Waals surface area contributed by atoms with Gasteiger partial charge in [-0.2, -0.15) is 0 Å². The highest BCUT2D eigenvalue weighted by Gasteiger charge is 2.25. The summed E-state index contributed by atoms with van der Waals surface area (Å²) in [6.45, 7) is 1.000. The van der Waals surface area contributed by atoms with Crippen molar-refractivity contribution in [3.63, 3.8) is 0 Å². The average Bonchev–Trinajstić information content (AvgIpc) is 2.64. The van der Waals surface area contributed by atoms with E-state index in [1.54, 1.807) is 29.2 Å². The minimum Gasteiger partial charge on any atom is -0.399 e. The van der Waals surface area contributed by atoms with Crippen LogP contribution < -0.4 is 11.1 Å². The van der Waals surface area contributed by atoms with Crippen LogP contribution in [0.3, 0.4) is 0 Å². The largest absolute Gasteiger partial charge is 0.399 e. The maximum atomic E-state index is 13.8. The Kier molecular flexibility index (Phi) is 5.51. The zero-order valence-corrected chi connectivity index (χ0v) is 14.5. The van der Waals surface area contributed by atoms with Gasteiger partial charge in [0.05, 0.1) is 12.0 Å². The van der Waals surface area contributed by atoms with Gasteiger partial charge in [-0.3, -0.25) is 9.59 Å². The summed E-state index contributed by atoms with van der Waals surface area (Å²) in [6, 6.07) is 13.3. The molecule has 0 aliphatic carbocycles. The Morgan fingerprint density at radius 2 is 1.73 bits per heavy atom. The van der Waals surface area contributed by atoms with Crippen LogP contribution in [-0.4, -0.2) is 35.8 Å². The number of piperidine rings is 1. The van der Waals surface area contributed by atoms with Gasteiger partial charge in [-0.1, -0.05) is 24.3 Å². The minimum absolute atomic E-state index is 0.0287. The summed E-state index contributed by atoms with van der Waals surface area (Å²) in [5.41, 5.74) is 7.31. The molecule has 1 aliphatic heterocycles. The third-order valence-electron chi connectivity index (χ3n) is 4.60. The molecule has 5 nitrogen and oxygen atoms in total. The standard InChI is InChI=1S/C20H22FN3O2/c21-18-4-2-1-3-17(18)20(26)24-11-9-16(10-12-24)23-19(25)13-14-5-7-15(22)8-6-14/h1-8,16H,9-13,22H2,(H,23,25). The van der Waals surface area contributed by atoms with E-state index in [1.807, 2.05) is 12.1 Å². The molecule has 1 aliphatic rings. The number of rotatable bonds is 4. The van der Waals surface area contributed by atoms with Gasteiger partial charge >= 0.3 is 0 Å². The maximum Gasteiger partial charge on any atom is 0.256 e. The molecule has 0 saturated carbocycles. The van der Waals surface area contributed by atoms with Gasteiger partial charge in [0.15, 0.2) is 0 Å². The van der Waals surface area contributed by atoms with Crippen LogP contribution in [0.25, 0.3) is 0 Å². The van der Waals surface area contributed by atoms with E-state index in [0.717, 1.165) is 5.56 Å². The summed E-state index contributed by atoms with van der Waals surface area (Å²) in [5.74, 6) is -0.847. The zero-order valence-electron chi connectivity index (χ0n) is 14.5. The van der Waals surface area contributed by atoms with E-state index in [1.165, 1.54) is 12.1 Å². The first-order valence-corrected chi connectivity index (χ1v) is 8.70. The molecule has 3 rings (SSSR count). The van der Waals surface area contributed by atoms with Gasteiger partial charge in [-0.25, -0.2) is 4.39 Å². The van der Waals surface area contributed by atoms with E-state index in [9.17, 15) is 14.0 Å². The molecule has 1 saturated heterocycles. The van der Waals surface area contributed by atoms with Crippen LogP contribution >= 0.6 is 0 Å². The van der Waals surface area contributed by atoms with Crippen molar-refractivity contribution >= 4 is 17.5 Å². The van der Waals surface area contributed by atoms with Crippen molar-refractivity contribution in [3.05, 3.63) is 65.5 Å². The summed E-state index contributed by atoms with van der Waals surface area (Å²) in [6.07, 6.45) is 1.62. The molecule has 0 unspecified atom stereocenters. The van der Waals surface area contributed by atoms with Gasteiger partial charge in [0.2, 0.25) is 5.91 Å². The van der Waals surface area contributed by atoms with Gasteiger partial charge in [-0.05, 0) is 42.7 Å². The van der Waals surface area contributed by atoms with Crippen molar-refractivity contribution in [2.45, 2.75) is 25.3 Å². The highest BCUT2D eigenvalue weighted by Crippen LogP contribution is 2.16. The molecule has 0 atom stereocenters. The number of anilines is 1. The third kappa shape index (κ3) is 4.39. The Hall–Kier alpha value is -2.89. The Labute approximate surface area is 152 Å². The first kappa shape index (κ1) is 17.9. The van der Waals surface area contributed by atoms with Crippen molar-refractivity contribution < 1.29 is 14.0 Å². The van der Waals surface area contributed by atoms with E-state index in [0.29, 0.717) is 38.0 Å². The number of carbonyl (C=O) groups is 2. The Bertz CT molecular complexity index is 784. The van der Waals surface area contributed by atoms with E-state index in [2.05, 4.69) is 5.32 Å². The summed E-state index contributed by atoms with van der Waals surface area (Å²) in [7, 11) is 0. The number of nitrogens with one attached hydrogen (secondary N) is 1. The number of nitrogens with two attached hydrogens (primary N) is 1. The van der Waals surface area contributed by atoms with Crippen molar-refractivity contribution in [1.82, 2.24) is 10.2 Å². The van der Waals surface area contributed by atoms with Crippen LogP contribution in [0.4, 0.5) is 10.1 Å². The minimum atomic E-state index is -0.503. The number of amides is 2. The van der Waals surface area contributed by atoms with E-state index < -0.39 is 5.82 Å². The van der Waals surface area contributed by atoms with E-state index >= 15 is 0 Å². The van der Waals surface area contributed by atoms with Gasteiger partial charge in [0.1, 0.15) is 5.82 Å². The molecule has 136 valence electrons. The van der Waals surface area contributed by atoms with Crippen LogP contribution in [-0.2, 0) is 11.2 Å². The summed E-state index contributed by atoms with van der Waals surface area (Å²) in [4.78, 5) is 26.2. The number of nitrogen functional groups attached to an aromatic ring is 1. The fourth-order valence-corrected chi connectivity index (χ4v) is 3.13. The second-order valence-electron chi connectivity index (χ2n) is 6.53. The maximum absolute atomic E-state index is 13.8. The fraction of sp³-hybridized carbons (Fsp3) is 0.300. The highest BCUT2D eigenvalue weighted by molar-refractivity contribution is 5.94. The van der Waals surface area contributed by atoms with Crippen molar-refractivity contribution in [2.24, 2.45) is 0 Å². The van der Waals surface area contributed by atoms with Crippen LogP contribution in [0, 0.1) is 5.82 Å². The van der Waals surface area contributed by atoms with E-state index in [4.69, 9.17) is 5.73 Å². The number of benzene rings is 2. The smallest absolute Gasteiger partial charge is 0.256 e. The van der Waals surface area contributed by atoms with E-state index in [-0.39, 0.29) is 23.4 Å². The first-order valence-electron chi connectivity index (χ1n) is 8.70. The number of likely N-dealkylation sites (tertiary alicyclic amines) is 1. The molecule has 26 heavy (non-hydrogen) atoms. The lowest BCUT2D eigenvalue weighted by Crippen LogP contribution is -2.47. The molecule has 1 heterocycles. The lowest BCUT2D eigenvalue weighted by atomic mass is 10.0. The van der Waals surface area contributed by atoms with Crippen LogP contribution in [0.1, 0.15) is 28.8 Å². The van der Waals surface area contributed by atoms with Crippen LogP contribution in [0.5, 0.6) is 0 Å². The molecular formula is C20H22FN3O2. The first-order chi connectivity index (χ1) is 12.5. The third-order valence-corrected chi connectivity index (χ3v) is 4.60. The van der Waals surface area contributed by atoms with Crippen molar-refractivity contribution in [2.75, 3.05) is 18.8 Å². The second kappa shape index (κ2) is 7.99. The summed E-state index contributed by atoms with van der Waals surface area (Å²) in [5, 5.41) is 3.01. The highest BCUT2D eigenvalue weighted by atomic mass is 19.1. The predicted octanol–water partition coefficient (Wildman–Crippen LogP) is 2.37. The topological polar surface area (TPSA) is 75.4 Å². The number of carbonyl (C=O) groups excluding carboxylic acids is 2. The lowest BCUT2D eigenvalue weighted by molar-refractivity contribution is -0.121. The number of hydrogen-bond acceptors (Lipinski definition) is 3. The molecule has 2 aromatic carbocycles. The van der Waals surface area contributed by atoms with Crippen LogP contribution in [0.15, 0.2) is 48.5 Å². The molecule has 3 N–H and O–H groups in total. The monoisotopic (exact) mass is 355 g/mol. The number of nitrogens with zero attached hydrogens (tertiary/aromatic N) is 1. The second-order valence-corrected chi connectivity index (χ2v) is 6.53. The number of hydrogen-bond donors (Lipinski definition) is 2. The van der Waals surface area contributed by atoms with Crippen LogP contribution in [0.2, 0.25) is 0 Å². The molecule has 2 aromatic rings. The fourth-order valence-electron chi connectivity index (χ4n) is 3.13. The van der Waals surface area contributed by atoms with Gasteiger partial charge in [0, 0.05) is 24.8 Å². The quantitative estimate of drug-likeness (QED) is 0.827. The van der Waals surface area contributed by atoms with Gasteiger partial charge < -0.3 is 16.0 Å². The molecular weight excluding hydrogens is 333 g/mol. The predicted molar refractivity (Wildman–Crippen MR) is 98.0 cm³/mol. The summed E-state index contributed by atoms with van der Waals surface area (Å²) < 4.78 is 13.8. The lowest BCUT2D eigenvalue weighted by Gasteiger charge is -2.32. The SMILES string of the molecule is Nc1ccc(CC(=O)NC2CCN(C(=O)c3ccccc3F)CC2)cc1. The van der Waals surface area contributed by atoms with Gasteiger partial charge in [-0.15, -0.1) is 0 Å². The molecule has 6 heteroatoms. The van der Waals surface area contributed by atoms with Crippen molar-refractivity contribution in [1.29, 1.82) is 0 Å². The Morgan fingerprint density at radius 3 is 2.38 bits per heavy atom. The molecule has 0 bridgehead atoms. The molecule has 2 amide bonds. The molecule has 0 radical (unpaired) electrons. The normalized spacial score (nSPS) is 14.9. The van der Waals surface area contributed by atoms with Gasteiger partial charge in [0.25, 0.3) is 5.91 Å². The Balaban J connectivity index is 1.49. The Morgan fingerprint density at radius 1 is 1.08 bits per heavy atom.